The first-order chi connectivity index (χ1) is 12.2. The number of benzene rings is 1. The van der Waals surface area contributed by atoms with Crippen LogP contribution in [0.5, 0.6) is 0 Å². The number of rotatable bonds is 5. The van der Waals surface area contributed by atoms with Crippen LogP contribution in [-0.4, -0.2) is 21.6 Å². The van der Waals surface area contributed by atoms with Crippen molar-refractivity contribution in [2.75, 3.05) is 6.54 Å². The summed E-state index contributed by atoms with van der Waals surface area (Å²) < 4.78 is 11.2. The summed E-state index contributed by atoms with van der Waals surface area (Å²) in [5.74, 6) is 1.99. The Hall–Kier alpha value is -2.40. The number of likely N-dealkylation sites (tertiary alicyclic amines) is 1. The van der Waals surface area contributed by atoms with E-state index in [9.17, 15) is 0 Å². The number of hydrogen-bond acceptors (Lipinski definition) is 5. The Morgan fingerprint density at radius 3 is 2.84 bits per heavy atom. The van der Waals surface area contributed by atoms with Crippen LogP contribution in [-0.2, 0) is 6.54 Å². The molecule has 5 nitrogen and oxygen atoms in total. The Kier molecular flexibility index (Phi) is 4.40. The zero-order valence-electron chi connectivity index (χ0n) is 14.7. The van der Waals surface area contributed by atoms with E-state index in [0.29, 0.717) is 17.9 Å². The molecule has 1 aromatic carbocycles. The van der Waals surface area contributed by atoms with E-state index in [1.54, 1.807) is 6.26 Å². The lowest BCUT2D eigenvalue weighted by molar-refractivity contribution is 0.233. The van der Waals surface area contributed by atoms with Crippen molar-refractivity contribution in [2.24, 2.45) is 0 Å². The van der Waals surface area contributed by atoms with Crippen molar-refractivity contribution >= 4 is 0 Å². The van der Waals surface area contributed by atoms with Crippen LogP contribution in [0, 0.1) is 0 Å². The minimum atomic E-state index is 0.299. The van der Waals surface area contributed by atoms with Crippen LogP contribution in [0.3, 0.4) is 0 Å². The first-order valence-electron chi connectivity index (χ1n) is 8.91. The molecule has 5 heteroatoms. The van der Waals surface area contributed by atoms with Gasteiger partial charge in [0.2, 0.25) is 5.89 Å². The summed E-state index contributed by atoms with van der Waals surface area (Å²) in [4.78, 5) is 7.06. The molecule has 1 saturated heterocycles. The fourth-order valence-corrected chi connectivity index (χ4v) is 3.38. The lowest BCUT2D eigenvalue weighted by Crippen LogP contribution is -2.23. The second-order valence-corrected chi connectivity index (χ2v) is 6.95. The molecular weight excluding hydrogens is 314 g/mol. The minimum absolute atomic E-state index is 0.299. The van der Waals surface area contributed by atoms with Gasteiger partial charge in [0.25, 0.3) is 0 Å². The number of oxazole rings is 1. The Morgan fingerprint density at radius 1 is 1.24 bits per heavy atom. The molecule has 2 aromatic heterocycles. The van der Waals surface area contributed by atoms with Crippen LogP contribution in [0.2, 0.25) is 0 Å². The maximum atomic E-state index is 5.67. The van der Waals surface area contributed by atoms with Crippen molar-refractivity contribution < 1.29 is 8.94 Å². The molecule has 0 unspecified atom stereocenters. The molecule has 0 radical (unpaired) electrons. The van der Waals surface area contributed by atoms with Crippen molar-refractivity contribution in [1.82, 2.24) is 15.0 Å². The standard InChI is InChI=1S/C20H23N3O2/c1-14(2)19-11-17(22-25-19)18-9-6-10-23(18)12-16-13-24-20(21-16)15-7-4-3-5-8-15/h3-5,7-8,11,13-14,18H,6,9-10,12H2,1-2H3/t18-/m0/s1. The molecule has 0 bridgehead atoms. The third-order valence-corrected chi connectivity index (χ3v) is 4.76. The predicted octanol–water partition coefficient (Wildman–Crippen LogP) is 4.79. The van der Waals surface area contributed by atoms with Crippen LogP contribution in [0.1, 0.15) is 55.8 Å². The molecule has 3 aromatic rings. The second kappa shape index (κ2) is 6.84. The average molecular weight is 337 g/mol. The van der Waals surface area contributed by atoms with E-state index in [4.69, 9.17) is 8.94 Å². The van der Waals surface area contributed by atoms with Crippen LogP contribution < -0.4 is 0 Å². The summed E-state index contributed by atoms with van der Waals surface area (Å²) >= 11 is 0. The topological polar surface area (TPSA) is 55.3 Å². The summed E-state index contributed by atoms with van der Waals surface area (Å²) in [6.45, 7) is 6.06. The highest BCUT2D eigenvalue weighted by atomic mass is 16.5. The van der Waals surface area contributed by atoms with Crippen LogP contribution >= 0.6 is 0 Å². The van der Waals surface area contributed by atoms with E-state index in [0.717, 1.165) is 48.6 Å². The molecule has 0 N–H and O–H groups in total. The molecule has 1 fully saturated rings. The fourth-order valence-electron chi connectivity index (χ4n) is 3.38. The normalized spacial score (nSPS) is 18.3. The molecule has 1 atom stereocenters. The van der Waals surface area contributed by atoms with Gasteiger partial charge >= 0.3 is 0 Å². The molecule has 1 aliphatic heterocycles. The third kappa shape index (κ3) is 3.37. The van der Waals surface area contributed by atoms with Gasteiger partial charge in [0, 0.05) is 24.1 Å². The summed E-state index contributed by atoms with van der Waals surface area (Å²) in [6, 6.07) is 12.4. The van der Waals surface area contributed by atoms with Gasteiger partial charge in [0.1, 0.15) is 17.7 Å². The van der Waals surface area contributed by atoms with Gasteiger partial charge in [-0.3, -0.25) is 4.90 Å². The Balaban J connectivity index is 1.49. The van der Waals surface area contributed by atoms with Crippen LogP contribution in [0.15, 0.2) is 51.6 Å². The van der Waals surface area contributed by atoms with Gasteiger partial charge in [0.15, 0.2) is 0 Å². The molecule has 4 rings (SSSR count). The van der Waals surface area contributed by atoms with Crippen LogP contribution in [0.4, 0.5) is 0 Å². The Morgan fingerprint density at radius 2 is 2.08 bits per heavy atom. The van der Waals surface area contributed by atoms with Crippen molar-refractivity contribution in [1.29, 1.82) is 0 Å². The lowest BCUT2D eigenvalue weighted by atomic mass is 10.1. The summed E-state index contributed by atoms with van der Waals surface area (Å²) in [6.07, 6.45) is 4.03. The van der Waals surface area contributed by atoms with E-state index in [2.05, 4.69) is 35.0 Å². The highest BCUT2D eigenvalue weighted by Crippen LogP contribution is 2.34. The highest BCUT2D eigenvalue weighted by Gasteiger charge is 2.29. The van der Waals surface area contributed by atoms with Gasteiger partial charge in [-0.25, -0.2) is 4.98 Å². The van der Waals surface area contributed by atoms with Crippen molar-refractivity contribution in [3.8, 4) is 11.5 Å². The lowest BCUT2D eigenvalue weighted by Gasteiger charge is -2.21. The average Bonchev–Trinajstić information content (AvgIpc) is 3.36. The summed E-state index contributed by atoms with van der Waals surface area (Å²) in [7, 11) is 0. The summed E-state index contributed by atoms with van der Waals surface area (Å²) in [5.41, 5.74) is 3.00. The third-order valence-electron chi connectivity index (χ3n) is 4.76. The van der Waals surface area contributed by atoms with Gasteiger partial charge in [-0.2, -0.15) is 0 Å². The monoisotopic (exact) mass is 337 g/mol. The van der Waals surface area contributed by atoms with Gasteiger partial charge < -0.3 is 8.94 Å². The maximum Gasteiger partial charge on any atom is 0.226 e. The Labute approximate surface area is 147 Å². The van der Waals surface area contributed by atoms with Gasteiger partial charge in [-0.15, -0.1) is 0 Å². The number of aromatic nitrogens is 2. The molecule has 130 valence electrons. The summed E-state index contributed by atoms with van der Waals surface area (Å²) in [5, 5.41) is 4.30. The SMILES string of the molecule is CC(C)c1cc([C@@H]2CCCN2Cc2coc(-c3ccccc3)n2)no1. The van der Waals surface area contributed by atoms with E-state index in [1.807, 2.05) is 30.3 Å². The molecule has 1 aliphatic rings. The molecule has 3 heterocycles. The molecule has 0 amide bonds. The van der Waals surface area contributed by atoms with Crippen molar-refractivity contribution in [3.05, 3.63) is 59.8 Å². The number of nitrogens with zero attached hydrogens (tertiary/aromatic N) is 3. The zero-order valence-corrected chi connectivity index (χ0v) is 14.7. The molecule has 25 heavy (non-hydrogen) atoms. The van der Waals surface area contributed by atoms with E-state index in [-0.39, 0.29) is 0 Å². The van der Waals surface area contributed by atoms with E-state index < -0.39 is 0 Å². The van der Waals surface area contributed by atoms with Crippen molar-refractivity contribution in [2.45, 2.75) is 45.2 Å². The first kappa shape index (κ1) is 16.1. The van der Waals surface area contributed by atoms with Gasteiger partial charge in [0.05, 0.1) is 11.7 Å². The molecule has 0 spiro atoms. The molecule has 0 saturated carbocycles. The predicted molar refractivity (Wildman–Crippen MR) is 94.9 cm³/mol. The van der Waals surface area contributed by atoms with Crippen molar-refractivity contribution in [3.63, 3.8) is 0 Å². The highest BCUT2D eigenvalue weighted by molar-refractivity contribution is 5.52. The van der Waals surface area contributed by atoms with Gasteiger partial charge in [-0.05, 0) is 31.5 Å². The quantitative estimate of drug-likeness (QED) is 0.670. The second-order valence-electron chi connectivity index (χ2n) is 6.95. The fraction of sp³-hybridized carbons (Fsp3) is 0.400. The Bertz CT molecular complexity index is 822. The zero-order chi connectivity index (χ0) is 17.2. The molecule has 0 aliphatic carbocycles. The van der Waals surface area contributed by atoms with E-state index >= 15 is 0 Å². The van der Waals surface area contributed by atoms with Crippen LogP contribution in [0.25, 0.3) is 11.5 Å². The smallest absolute Gasteiger partial charge is 0.226 e. The first-order valence-corrected chi connectivity index (χ1v) is 8.91. The largest absolute Gasteiger partial charge is 0.444 e. The van der Waals surface area contributed by atoms with E-state index in [1.165, 1.54) is 0 Å². The molecular formula is C20H23N3O2. The number of hydrogen-bond donors (Lipinski definition) is 0. The minimum Gasteiger partial charge on any atom is -0.444 e. The van der Waals surface area contributed by atoms with Gasteiger partial charge in [-0.1, -0.05) is 37.2 Å². The maximum absolute atomic E-state index is 5.67.